The number of pyridine rings is 1. The minimum atomic E-state index is -3.11. The van der Waals surface area contributed by atoms with Gasteiger partial charge in [-0.2, -0.15) is 8.78 Å². The largest absolute Gasteiger partial charge is 0.492 e. The van der Waals surface area contributed by atoms with Gasteiger partial charge in [-0.05, 0) is 43.2 Å². The molecule has 0 saturated carbocycles. The highest BCUT2D eigenvalue weighted by Gasteiger charge is 2.45. The quantitative estimate of drug-likeness (QED) is 0.316. The number of benzene rings is 1. The summed E-state index contributed by atoms with van der Waals surface area (Å²) in [6.45, 7) is 0.745. The molecule has 0 radical (unpaired) electrons. The van der Waals surface area contributed by atoms with Crippen molar-refractivity contribution in [2.45, 2.75) is 28.9 Å². The Kier molecular flexibility index (Phi) is 6.28. The van der Waals surface area contributed by atoms with Crippen molar-refractivity contribution in [1.82, 2.24) is 19.9 Å². The van der Waals surface area contributed by atoms with Crippen LogP contribution in [0.15, 0.2) is 48.9 Å². The van der Waals surface area contributed by atoms with E-state index in [4.69, 9.17) is 4.74 Å². The van der Waals surface area contributed by atoms with E-state index in [0.29, 0.717) is 30.0 Å². The Balaban J connectivity index is 1.45. The zero-order chi connectivity index (χ0) is 24.7. The van der Waals surface area contributed by atoms with E-state index in [1.165, 1.54) is 50.0 Å². The van der Waals surface area contributed by atoms with Gasteiger partial charge in [-0.1, -0.05) is 0 Å². The van der Waals surface area contributed by atoms with Gasteiger partial charge in [-0.3, -0.25) is 4.79 Å². The van der Waals surface area contributed by atoms with Gasteiger partial charge in [0.25, 0.3) is 5.91 Å². The zero-order valence-corrected chi connectivity index (χ0v) is 20.8. The number of likely N-dealkylation sites (tertiary alicyclic amines) is 1. The average molecular weight is 595 g/mol. The maximum atomic E-state index is 14.2. The van der Waals surface area contributed by atoms with Gasteiger partial charge < -0.3 is 14.5 Å². The fraction of sp³-hybridized carbons (Fsp3) is 0.333. The van der Waals surface area contributed by atoms with E-state index in [9.17, 15) is 18.0 Å². The van der Waals surface area contributed by atoms with Crippen LogP contribution in [0.25, 0.3) is 11.4 Å². The fourth-order valence-corrected chi connectivity index (χ4v) is 5.38. The molecule has 0 N–H and O–H groups in total. The third-order valence-corrected chi connectivity index (χ3v) is 7.01. The molecule has 2 unspecified atom stereocenters. The smallest absolute Gasteiger partial charge is 0.325 e. The van der Waals surface area contributed by atoms with Crippen molar-refractivity contribution < 1.29 is 22.7 Å². The molecule has 2 aliphatic rings. The van der Waals surface area contributed by atoms with Gasteiger partial charge in [0.1, 0.15) is 5.82 Å². The second-order valence-electron chi connectivity index (χ2n) is 8.48. The summed E-state index contributed by atoms with van der Waals surface area (Å²) in [5, 5.41) is 0. The standard InChI is InChI=1S/C24H21F3IN5O2/c1-35-20-19(24(26,27)28)7-10-31-22(20)33-15-4-5-16(33)13-32(12-15)23(34)17-6-3-14(25)11-18(17)21-29-8-2-9-30-21/h2-3,6-11,15-16H,4-5,12-13H2,1H3. The highest BCUT2D eigenvalue weighted by Crippen LogP contribution is 2.46. The van der Waals surface area contributed by atoms with Gasteiger partial charge in [0.15, 0.2) is 17.4 Å². The van der Waals surface area contributed by atoms with Crippen molar-refractivity contribution in [2.24, 2.45) is 0 Å². The van der Waals surface area contributed by atoms with Crippen molar-refractivity contribution >= 4 is 34.3 Å². The number of hydrogen-bond acceptors (Lipinski definition) is 6. The molecule has 2 aliphatic heterocycles. The molecule has 11 heteroatoms. The van der Waals surface area contributed by atoms with Crippen LogP contribution < -0.4 is 9.64 Å². The second-order valence-corrected chi connectivity index (χ2v) is 9.83. The number of nitrogens with zero attached hydrogens (tertiary/aromatic N) is 5. The number of fused-ring (bicyclic) bond motifs is 2. The van der Waals surface area contributed by atoms with Crippen LogP contribution in [0.5, 0.6) is 5.75 Å². The normalized spacial score (nSPS) is 19.7. The number of anilines is 1. The summed E-state index contributed by atoms with van der Waals surface area (Å²) in [5.41, 5.74) is 0.403. The van der Waals surface area contributed by atoms with Crippen LogP contribution in [0.4, 0.5) is 19.0 Å². The van der Waals surface area contributed by atoms with Crippen molar-refractivity contribution in [3.63, 3.8) is 0 Å². The SMILES string of the molecule is COc1c(C(F)(F)I)ccnc1N1C2CCC1CN(C(=O)c1ccc(F)cc1-c1ncccn1)C2. The predicted molar refractivity (Wildman–Crippen MR) is 131 cm³/mol. The van der Waals surface area contributed by atoms with E-state index in [2.05, 4.69) is 15.0 Å². The second kappa shape index (κ2) is 9.25. The fourth-order valence-electron chi connectivity index (χ4n) is 4.96. The molecule has 5 rings (SSSR count). The van der Waals surface area contributed by atoms with E-state index in [0.717, 1.165) is 35.4 Å². The van der Waals surface area contributed by atoms with Gasteiger partial charge in [0.05, 0.1) is 18.2 Å². The number of aromatic nitrogens is 3. The first-order chi connectivity index (χ1) is 16.8. The van der Waals surface area contributed by atoms with E-state index in [1.54, 1.807) is 11.0 Å². The number of methoxy groups -OCH3 is 1. The third-order valence-electron chi connectivity index (χ3n) is 6.43. The van der Waals surface area contributed by atoms with Crippen molar-refractivity contribution in [3.05, 3.63) is 65.9 Å². The molecule has 2 aromatic heterocycles. The molecule has 2 bridgehead atoms. The molecule has 7 nitrogen and oxygen atoms in total. The molecule has 0 spiro atoms. The van der Waals surface area contributed by atoms with Gasteiger partial charge in [-0.15, -0.1) is 0 Å². The Morgan fingerprint density at radius 1 is 1.09 bits per heavy atom. The Morgan fingerprint density at radius 3 is 2.40 bits per heavy atom. The summed E-state index contributed by atoms with van der Waals surface area (Å²) in [4.78, 5) is 30.0. The lowest BCUT2D eigenvalue weighted by atomic mass is 10.0. The van der Waals surface area contributed by atoms with Gasteiger partial charge in [0.2, 0.25) is 0 Å². The average Bonchev–Trinajstić information content (AvgIpc) is 3.11. The van der Waals surface area contributed by atoms with Crippen LogP contribution in [0, 0.1) is 5.82 Å². The van der Waals surface area contributed by atoms with E-state index < -0.39 is 9.75 Å². The summed E-state index contributed by atoms with van der Waals surface area (Å²) in [6.07, 6.45) is 5.99. The molecule has 182 valence electrons. The Labute approximate surface area is 213 Å². The molecule has 1 aromatic carbocycles. The highest BCUT2D eigenvalue weighted by molar-refractivity contribution is 14.1. The Bertz CT molecular complexity index is 1240. The number of halogens is 4. The maximum absolute atomic E-state index is 14.2. The van der Waals surface area contributed by atoms with Crippen LogP contribution >= 0.6 is 22.6 Å². The van der Waals surface area contributed by atoms with Gasteiger partial charge >= 0.3 is 3.93 Å². The number of rotatable bonds is 5. The van der Waals surface area contributed by atoms with Crippen LogP contribution in [0.1, 0.15) is 28.8 Å². The lowest BCUT2D eigenvalue weighted by Crippen LogP contribution is -2.56. The molecule has 4 heterocycles. The Morgan fingerprint density at radius 2 is 1.77 bits per heavy atom. The topological polar surface area (TPSA) is 71.5 Å². The number of alkyl halides is 3. The van der Waals surface area contributed by atoms with Crippen LogP contribution in [0.3, 0.4) is 0 Å². The first-order valence-electron chi connectivity index (χ1n) is 11.0. The number of carbonyl (C=O) groups is 1. The molecule has 0 aliphatic carbocycles. The van der Waals surface area contributed by atoms with E-state index >= 15 is 0 Å². The monoisotopic (exact) mass is 595 g/mol. The summed E-state index contributed by atoms with van der Waals surface area (Å²) in [7, 11) is 1.36. The van der Waals surface area contributed by atoms with E-state index in [1.807, 2.05) is 4.90 Å². The number of piperazine rings is 1. The lowest BCUT2D eigenvalue weighted by molar-refractivity contribution is 0.0718. The van der Waals surface area contributed by atoms with Crippen LogP contribution in [-0.4, -0.2) is 58.0 Å². The van der Waals surface area contributed by atoms with Crippen LogP contribution in [0.2, 0.25) is 0 Å². The highest BCUT2D eigenvalue weighted by atomic mass is 127. The lowest BCUT2D eigenvalue weighted by Gasteiger charge is -2.42. The molecule has 2 atom stereocenters. The maximum Gasteiger partial charge on any atom is 0.325 e. The first kappa shape index (κ1) is 23.8. The first-order valence-corrected chi connectivity index (χ1v) is 12.1. The summed E-state index contributed by atoms with van der Waals surface area (Å²) < 4.78 is 44.7. The Hall–Kier alpha value is -2.96. The molecule has 3 aromatic rings. The predicted octanol–water partition coefficient (Wildman–Crippen LogP) is 4.66. The number of carbonyl (C=O) groups excluding carboxylic acids is 1. The minimum absolute atomic E-state index is 0.0469. The van der Waals surface area contributed by atoms with E-state index in [-0.39, 0.29) is 35.1 Å². The van der Waals surface area contributed by atoms with Gasteiger partial charge in [0, 0.05) is 71.9 Å². The number of ether oxygens (including phenoxy) is 1. The van der Waals surface area contributed by atoms with Gasteiger partial charge in [-0.25, -0.2) is 19.3 Å². The minimum Gasteiger partial charge on any atom is -0.492 e. The molecule has 1 amide bonds. The number of amides is 1. The van der Waals surface area contributed by atoms with Crippen molar-refractivity contribution in [3.8, 4) is 17.1 Å². The van der Waals surface area contributed by atoms with Crippen molar-refractivity contribution in [1.29, 1.82) is 0 Å². The molecule has 2 fully saturated rings. The molecular weight excluding hydrogens is 574 g/mol. The van der Waals surface area contributed by atoms with Crippen LogP contribution in [-0.2, 0) is 3.93 Å². The molecular formula is C24H21F3IN5O2. The summed E-state index contributed by atoms with van der Waals surface area (Å²) >= 11 is 1.08. The summed E-state index contributed by atoms with van der Waals surface area (Å²) in [6, 6.07) is 6.63. The van der Waals surface area contributed by atoms with Crippen molar-refractivity contribution in [2.75, 3.05) is 25.1 Å². The number of hydrogen-bond donors (Lipinski definition) is 0. The molecule has 2 saturated heterocycles. The molecule has 35 heavy (non-hydrogen) atoms. The third kappa shape index (κ3) is 4.41. The zero-order valence-electron chi connectivity index (χ0n) is 18.7. The summed E-state index contributed by atoms with van der Waals surface area (Å²) in [5.74, 6) is -0.0652.